The zero-order chi connectivity index (χ0) is 21.1. The minimum absolute atomic E-state index is 0.120. The van der Waals surface area contributed by atoms with Gasteiger partial charge in [-0.2, -0.15) is 0 Å². The molecule has 0 heterocycles. The Morgan fingerprint density at radius 3 is 2.25 bits per heavy atom. The second-order valence-electron chi connectivity index (χ2n) is 7.37. The monoisotopic (exact) mass is 410 g/mol. The van der Waals surface area contributed by atoms with Gasteiger partial charge < -0.3 is 5.32 Å². The van der Waals surface area contributed by atoms with Crippen LogP contribution in [0, 0.1) is 11.6 Å². The van der Waals surface area contributed by atoms with Crippen LogP contribution >= 0.6 is 0 Å². The van der Waals surface area contributed by atoms with Crippen LogP contribution in [0.5, 0.6) is 0 Å². The first-order valence-electron chi connectivity index (χ1n) is 8.71. The van der Waals surface area contributed by atoms with Crippen LogP contribution in [-0.2, 0) is 21.2 Å². The molecular weight excluding hydrogens is 386 g/mol. The summed E-state index contributed by atoms with van der Waals surface area (Å²) in [5.74, 6) is -2.84. The van der Waals surface area contributed by atoms with Gasteiger partial charge >= 0.3 is 0 Å². The lowest BCUT2D eigenvalue weighted by Gasteiger charge is -2.32. The van der Waals surface area contributed by atoms with Crippen molar-refractivity contribution in [1.82, 2.24) is 5.32 Å². The third-order valence-electron chi connectivity index (χ3n) is 4.20. The van der Waals surface area contributed by atoms with Crippen LogP contribution < -0.4 is 9.62 Å². The largest absolute Gasteiger partial charge is 0.349 e. The first-order valence-corrected chi connectivity index (χ1v) is 10.6. The van der Waals surface area contributed by atoms with E-state index in [9.17, 15) is 22.0 Å². The first-order chi connectivity index (χ1) is 12.9. The van der Waals surface area contributed by atoms with Crippen LogP contribution in [0.1, 0.15) is 26.3 Å². The molecule has 2 rings (SSSR count). The Balaban J connectivity index is 2.25. The SMILES string of the molecule is C[C@@H](C(=O)NC(C)(C)Cc1ccccc1)N(c1ccc(F)c(F)c1)S(C)(=O)=O. The molecule has 2 aromatic carbocycles. The summed E-state index contributed by atoms with van der Waals surface area (Å²) in [6.07, 6.45) is 1.45. The zero-order valence-corrected chi connectivity index (χ0v) is 17.1. The number of sulfonamides is 1. The van der Waals surface area contributed by atoms with E-state index in [1.165, 1.54) is 6.92 Å². The molecule has 0 saturated carbocycles. The average molecular weight is 410 g/mol. The Kier molecular flexibility index (Phi) is 6.44. The Hall–Kier alpha value is -2.48. The first kappa shape index (κ1) is 21.8. The summed E-state index contributed by atoms with van der Waals surface area (Å²) in [6, 6.07) is 11.1. The molecule has 0 radical (unpaired) electrons. The number of nitrogens with one attached hydrogen (secondary N) is 1. The van der Waals surface area contributed by atoms with Gasteiger partial charge in [0.25, 0.3) is 0 Å². The van der Waals surface area contributed by atoms with Gasteiger partial charge in [0.2, 0.25) is 15.9 Å². The maximum absolute atomic E-state index is 13.6. The summed E-state index contributed by atoms with van der Waals surface area (Å²) in [6.45, 7) is 5.05. The molecule has 1 amide bonds. The molecule has 5 nitrogen and oxygen atoms in total. The molecule has 0 bridgehead atoms. The fourth-order valence-corrected chi connectivity index (χ4v) is 4.19. The predicted octanol–water partition coefficient (Wildman–Crippen LogP) is 3.26. The maximum Gasteiger partial charge on any atom is 0.244 e. The van der Waals surface area contributed by atoms with E-state index in [4.69, 9.17) is 0 Å². The molecule has 0 aliphatic heterocycles. The number of amides is 1. The number of hydrogen-bond donors (Lipinski definition) is 1. The van der Waals surface area contributed by atoms with Crippen molar-refractivity contribution in [2.24, 2.45) is 0 Å². The van der Waals surface area contributed by atoms with Gasteiger partial charge in [-0.05, 0) is 44.9 Å². The molecule has 1 N–H and O–H groups in total. The van der Waals surface area contributed by atoms with Crippen LogP contribution in [0.15, 0.2) is 48.5 Å². The summed E-state index contributed by atoms with van der Waals surface area (Å²) < 4.78 is 52.1. The number of nitrogens with zero attached hydrogens (tertiary/aromatic N) is 1. The zero-order valence-electron chi connectivity index (χ0n) is 16.2. The standard InChI is InChI=1S/C20H24F2N2O3S/c1-14(19(25)23-20(2,3)13-15-8-6-5-7-9-15)24(28(4,26)27)16-10-11-17(21)18(22)12-16/h5-12,14H,13H2,1-4H3,(H,23,25)/t14-/m0/s1. The highest BCUT2D eigenvalue weighted by Gasteiger charge is 2.32. The quantitative estimate of drug-likeness (QED) is 0.762. The second-order valence-corrected chi connectivity index (χ2v) is 9.23. The van der Waals surface area contributed by atoms with Gasteiger partial charge in [0.1, 0.15) is 6.04 Å². The van der Waals surface area contributed by atoms with E-state index in [0.717, 1.165) is 34.3 Å². The average Bonchev–Trinajstić information content (AvgIpc) is 2.57. The molecule has 0 aliphatic rings. The molecule has 1 atom stereocenters. The lowest BCUT2D eigenvalue weighted by molar-refractivity contribution is -0.123. The summed E-state index contributed by atoms with van der Waals surface area (Å²) in [4.78, 5) is 12.8. The molecule has 0 fully saturated rings. The van der Waals surface area contributed by atoms with E-state index in [0.29, 0.717) is 6.42 Å². The van der Waals surface area contributed by atoms with Gasteiger partial charge in [-0.3, -0.25) is 9.10 Å². The molecule has 28 heavy (non-hydrogen) atoms. The number of anilines is 1. The van der Waals surface area contributed by atoms with E-state index < -0.39 is 39.1 Å². The van der Waals surface area contributed by atoms with Crippen molar-refractivity contribution in [2.45, 2.75) is 38.8 Å². The number of rotatable bonds is 7. The maximum atomic E-state index is 13.6. The van der Waals surface area contributed by atoms with Crippen LogP contribution in [0.3, 0.4) is 0 Å². The minimum atomic E-state index is -3.92. The van der Waals surface area contributed by atoms with Crippen molar-refractivity contribution >= 4 is 21.6 Å². The second kappa shape index (κ2) is 8.26. The number of carbonyl (C=O) groups excluding carboxylic acids is 1. The topological polar surface area (TPSA) is 66.5 Å². The molecule has 0 saturated heterocycles. The van der Waals surface area contributed by atoms with Crippen molar-refractivity contribution in [3.63, 3.8) is 0 Å². The summed E-state index contributed by atoms with van der Waals surface area (Å²) in [5, 5.41) is 2.84. The van der Waals surface area contributed by atoms with Gasteiger partial charge in [0, 0.05) is 11.6 Å². The summed E-state index contributed by atoms with van der Waals surface area (Å²) in [7, 11) is -3.92. The van der Waals surface area contributed by atoms with Crippen molar-refractivity contribution < 1.29 is 22.0 Å². The Morgan fingerprint density at radius 1 is 1.11 bits per heavy atom. The van der Waals surface area contributed by atoms with Crippen molar-refractivity contribution in [3.05, 3.63) is 65.7 Å². The molecule has 0 aliphatic carbocycles. The normalized spacial score (nSPS) is 13.1. The number of carbonyl (C=O) groups is 1. The Labute approximate surface area is 164 Å². The van der Waals surface area contributed by atoms with Gasteiger partial charge in [-0.15, -0.1) is 0 Å². The predicted molar refractivity (Wildman–Crippen MR) is 106 cm³/mol. The summed E-state index contributed by atoms with van der Waals surface area (Å²) in [5.41, 5.74) is 0.245. The number of halogens is 2. The highest BCUT2D eigenvalue weighted by Crippen LogP contribution is 2.24. The molecule has 0 spiro atoms. The van der Waals surface area contributed by atoms with Crippen LogP contribution in [0.2, 0.25) is 0 Å². The fourth-order valence-electron chi connectivity index (χ4n) is 3.02. The van der Waals surface area contributed by atoms with Gasteiger partial charge in [-0.25, -0.2) is 17.2 Å². The third kappa shape index (κ3) is 5.51. The highest BCUT2D eigenvalue weighted by molar-refractivity contribution is 7.92. The lowest BCUT2D eigenvalue weighted by Crippen LogP contribution is -2.54. The van der Waals surface area contributed by atoms with E-state index >= 15 is 0 Å². The minimum Gasteiger partial charge on any atom is -0.349 e. The highest BCUT2D eigenvalue weighted by atomic mass is 32.2. The number of hydrogen-bond acceptors (Lipinski definition) is 3. The van der Waals surface area contributed by atoms with Gasteiger partial charge in [0.15, 0.2) is 11.6 Å². The fraction of sp³-hybridized carbons (Fsp3) is 0.350. The molecule has 8 heteroatoms. The van der Waals surface area contributed by atoms with Crippen LogP contribution in [-0.4, -0.2) is 32.2 Å². The Bertz CT molecular complexity index is 947. The smallest absolute Gasteiger partial charge is 0.244 e. The lowest BCUT2D eigenvalue weighted by atomic mass is 9.94. The molecule has 2 aromatic rings. The Morgan fingerprint density at radius 2 is 1.71 bits per heavy atom. The van der Waals surface area contributed by atoms with Gasteiger partial charge in [0.05, 0.1) is 11.9 Å². The third-order valence-corrected chi connectivity index (χ3v) is 5.44. The van der Waals surface area contributed by atoms with E-state index in [1.54, 1.807) is 0 Å². The van der Waals surface area contributed by atoms with Crippen LogP contribution in [0.25, 0.3) is 0 Å². The van der Waals surface area contributed by atoms with E-state index in [-0.39, 0.29) is 5.69 Å². The van der Waals surface area contributed by atoms with Crippen LogP contribution in [0.4, 0.5) is 14.5 Å². The van der Waals surface area contributed by atoms with E-state index in [1.807, 2.05) is 44.2 Å². The van der Waals surface area contributed by atoms with Crippen molar-refractivity contribution in [2.75, 3.05) is 10.6 Å². The van der Waals surface area contributed by atoms with E-state index in [2.05, 4.69) is 5.32 Å². The molecular formula is C20H24F2N2O3S. The van der Waals surface area contributed by atoms with Crippen molar-refractivity contribution in [3.8, 4) is 0 Å². The molecule has 0 unspecified atom stereocenters. The molecule has 0 aromatic heterocycles. The molecule has 152 valence electrons. The van der Waals surface area contributed by atoms with Gasteiger partial charge in [-0.1, -0.05) is 30.3 Å². The van der Waals surface area contributed by atoms with Crippen molar-refractivity contribution in [1.29, 1.82) is 0 Å². The summed E-state index contributed by atoms with van der Waals surface area (Å²) >= 11 is 0. The number of benzene rings is 2.